The fourth-order valence-electron chi connectivity index (χ4n) is 1.37. The first-order valence-corrected chi connectivity index (χ1v) is 4.66. The van der Waals surface area contributed by atoms with Crippen molar-refractivity contribution in [3.8, 4) is 0 Å². The molecule has 90 valence electrons. The average molecular weight is 238 g/mol. The number of nitrogens with zero attached hydrogens (tertiary/aromatic N) is 1. The zero-order chi connectivity index (χ0) is 13.0. The molecule has 0 radical (unpaired) electrons. The van der Waals surface area contributed by atoms with Crippen LogP contribution in [0.15, 0.2) is 24.3 Å². The molecule has 0 aliphatic rings. The zero-order valence-corrected chi connectivity index (χ0v) is 8.91. The molecule has 0 spiro atoms. The smallest absolute Gasteiger partial charge is 0.331 e. The lowest BCUT2D eigenvalue weighted by Gasteiger charge is -2.13. The van der Waals surface area contributed by atoms with Crippen LogP contribution in [0, 0.1) is 10.1 Å². The summed E-state index contributed by atoms with van der Waals surface area (Å²) in [4.78, 5) is 31.9. The van der Waals surface area contributed by atoms with E-state index in [0.717, 1.165) is 6.92 Å². The van der Waals surface area contributed by atoms with Crippen LogP contribution in [-0.4, -0.2) is 21.9 Å². The van der Waals surface area contributed by atoms with E-state index in [0.29, 0.717) is 0 Å². The van der Waals surface area contributed by atoms with Crippen LogP contribution in [-0.2, 0) is 9.59 Å². The quantitative estimate of drug-likeness (QED) is 0.597. The van der Waals surface area contributed by atoms with Crippen molar-refractivity contribution in [3.63, 3.8) is 0 Å². The topological polar surface area (TPSA) is 110 Å². The summed E-state index contributed by atoms with van der Waals surface area (Å²) in [6.45, 7) is 1.14. The number of carboxylic acid groups (broad SMARTS) is 1. The number of carbonyl (C=O) groups is 2. The monoisotopic (exact) mass is 238 g/mol. The molecular formula is C10H10N2O5. The Morgan fingerprint density at radius 3 is 2.47 bits per heavy atom. The molecule has 0 saturated heterocycles. The largest absolute Gasteiger partial charge is 0.479 e. The van der Waals surface area contributed by atoms with Gasteiger partial charge in [0.2, 0.25) is 5.91 Å². The number of aliphatic carboxylic acids is 1. The highest BCUT2D eigenvalue weighted by Gasteiger charge is 2.27. The minimum Gasteiger partial charge on any atom is -0.479 e. The molecule has 0 fully saturated rings. The van der Waals surface area contributed by atoms with Crippen LogP contribution in [0.1, 0.15) is 18.5 Å². The second-order valence-corrected chi connectivity index (χ2v) is 3.29. The van der Waals surface area contributed by atoms with Crippen molar-refractivity contribution >= 4 is 17.6 Å². The van der Waals surface area contributed by atoms with E-state index in [2.05, 4.69) is 5.32 Å². The van der Waals surface area contributed by atoms with Crippen LogP contribution in [0.4, 0.5) is 5.69 Å². The summed E-state index contributed by atoms with van der Waals surface area (Å²) in [6, 6.07) is 3.96. The van der Waals surface area contributed by atoms with Crippen LogP contribution in [0.5, 0.6) is 0 Å². The van der Waals surface area contributed by atoms with Crippen LogP contribution in [0.3, 0.4) is 0 Å². The number of nitrogens with one attached hydrogen (secondary N) is 1. The van der Waals surface area contributed by atoms with Crippen molar-refractivity contribution in [2.24, 2.45) is 0 Å². The Morgan fingerprint density at radius 1 is 1.41 bits per heavy atom. The zero-order valence-electron chi connectivity index (χ0n) is 8.91. The van der Waals surface area contributed by atoms with Gasteiger partial charge in [0.05, 0.1) is 10.5 Å². The van der Waals surface area contributed by atoms with E-state index in [1.54, 1.807) is 0 Å². The summed E-state index contributed by atoms with van der Waals surface area (Å²) in [5, 5.41) is 21.8. The minimum atomic E-state index is -1.42. The SMILES string of the molecule is CC(=O)NC(C(=O)O)c1ccccc1[N+](=O)[O-]. The van der Waals surface area contributed by atoms with E-state index in [4.69, 9.17) is 5.11 Å². The average Bonchev–Trinajstić information content (AvgIpc) is 2.25. The van der Waals surface area contributed by atoms with E-state index in [1.807, 2.05) is 0 Å². The molecule has 0 saturated carbocycles. The number of carbonyl (C=O) groups excluding carboxylic acids is 1. The molecule has 1 atom stereocenters. The van der Waals surface area contributed by atoms with Gasteiger partial charge in [-0.2, -0.15) is 0 Å². The molecule has 17 heavy (non-hydrogen) atoms. The van der Waals surface area contributed by atoms with Gasteiger partial charge in [-0.25, -0.2) is 4.79 Å². The molecule has 1 aromatic rings. The number of rotatable bonds is 4. The molecule has 7 nitrogen and oxygen atoms in total. The Kier molecular flexibility index (Phi) is 3.76. The van der Waals surface area contributed by atoms with E-state index in [9.17, 15) is 19.7 Å². The van der Waals surface area contributed by atoms with E-state index in [1.165, 1.54) is 24.3 Å². The number of hydrogen-bond donors (Lipinski definition) is 2. The summed E-state index contributed by atoms with van der Waals surface area (Å²) in [5.74, 6) is -1.93. The van der Waals surface area contributed by atoms with Crippen molar-refractivity contribution in [1.29, 1.82) is 0 Å². The molecule has 0 bridgehead atoms. The normalized spacial score (nSPS) is 11.6. The van der Waals surface area contributed by atoms with Crippen molar-refractivity contribution in [2.45, 2.75) is 13.0 Å². The Labute approximate surface area is 96.2 Å². The summed E-state index contributed by atoms with van der Waals surface area (Å²) >= 11 is 0. The highest BCUT2D eigenvalue weighted by molar-refractivity contribution is 5.84. The maximum absolute atomic E-state index is 11.0. The van der Waals surface area contributed by atoms with Crippen molar-refractivity contribution in [1.82, 2.24) is 5.32 Å². The number of nitro groups is 1. The highest BCUT2D eigenvalue weighted by Crippen LogP contribution is 2.24. The predicted octanol–water partition coefficient (Wildman–Crippen LogP) is 0.857. The molecule has 1 rings (SSSR count). The first-order valence-electron chi connectivity index (χ1n) is 4.66. The van der Waals surface area contributed by atoms with Crippen molar-refractivity contribution in [3.05, 3.63) is 39.9 Å². The van der Waals surface area contributed by atoms with E-state index < -0.39 is 22.8 Å². The maximum Gasteiger partial charge on any atom is 0.331 e. The lowest BCUT2D eigenvalue weighted by atomic mass is 10.0. The van der Waals surface area contributed by atoms with Gasteiger partial charge < -0.3 is 10.4 Å². The fourth-order valence-corrected chi connectivity index (χ4v) is 1.37. The van der Waals surface area contributed by atoms with Crippen LogP contribution >= 0.6 is 0 Å². The predicted molar refractivity (Wildman–Crippen MR) is 57.3 cm³/mol. The lowest BCUT2D eigenvalue weighted by Crippen LogP contribution is -2.32. The van der Waals surface area contributed by atoms with Crippen LogP contribution < -0.4 is 5.32 Å². The second kappa shape index (κ2) is 5.06. The third-order valence-corrected chi connectivity index (χ3v) is 2.04. The van der Waals surface area contributed by atoms with Gasteiger partial charge in [0.25, 0.3) is 5.69 Å². The summed E-state index contributed by atoms with van der Waals surface area (Å²) in [7, 11) is 0. The Balaban J connectivity index is 3.22. The highest BCUT2D eigenvalue weighted by atomic mass is 16.6. The van der Waals surface area contributed by atoms with E-state index >= 15 is 0 Å². The Morgan fingerprint density at radius 2 is 2.00 bits per heavy atom. The first-order chi connectivity index (χ1) is 7.93. The van der Waals surface area contributed by atoms with Gasteiger partial charge in [-0.15, -0.1) is 0 Å². The number of amides is 1. The molecule has 0 aliphatic heterocycles. The summed E-state index contributed by atoms with van der Waals surface area (Å²) in [6.07, 6.45) is 0. The number of hydrogen-bond acceptors (Lipinski definition) is 4. The first kappa shape index (κ1) is 12.6. The molecule has 7 heteroatoms. The fraction of sp³-hybridized carbons (Fsp3) is 0.200. The molecule has 0 aromatic heterocycles. The molecular weight excluding hydrogens is 228 g/mol. The molecule has 1 amide bonds. The lowest BCUT2D eigenvalue weighted by molar-refractivity contribution is -0.385. The second-order valence-electron chi connectivity index (χ2n) is 3.29. The molecule has 0 aliphatic carbocycles. The van der Waals surface area contributed by atoms with Crippen molar-refractivity contribution in [2.75, 3.05) is 0 Å². The Bertz CT molecular complexity index is 472. The minimum absolute atomic E-state index is 0.0554. The van der Waals surface area contributed by atoms with Gasteiger partial charge in [-0.1, -0.05) is 12.1 Å². The third kappa shape index (κ3) is 3.00. The molecule has 1 unspecified atom stereocenters. The van der Waals surface area contributed by atoms with Crippen molar-refractivity contribution < 1.29 is 19.6 Å². The summed E-state index contributed by atoms with van der Waals surface area (Å²) < 4.78 is 0. The number of benzene rings is 1. The molecule has 1 aromatic carbocycles. The Hall–Kier alpha value is -2.44. The van der Waals surface area contributed by atoms with Crippen LogP contribution in [0.25, 0.3) is 0 Å². The van der Waals surface area contributed by atoms with Gasteiger partial charge in [-0.3, -0.25) is 14.9 Å². The van der Waals surface area contributed by atoms with Gasteiger partial charge in [-0.05, 0) is 6.07 Å². The van der Waals surface area contributed by atoms with E-state index in [-0.39, 0.29) is 11.3 Å². The third-order valence-electron chi connectivity index (χ3n) is 2.04. The van der Waals surface area contributed by atoms with Gasteiger partial charge in [0, 0.05) is 13.0 Å². The van der Waals surface area contributed by atoms with Gasteiger partial charge in [0.1, 0.15) is 0 Å². The molecule has 0 heterocycles. The molecule has 2 N–H and O–H groups in total. The van der Waals surface area contributed by atoms with Crippen LogP contribution in [0.2, 0.25) is 0 Å². The van der Waals surface area contributed by atoms with Gasteiger partial charge in [0.15, 0.2) is 6.04 Å². The summed E-state index contributed by atoms with van der Waals surface area (Å²) in [5.41, 5.74) is -0.395. The number of carboxylic acids is 1. The number of nitro benzene ring substituents is 1. The standard InChI is InChI=1S/C10H10N2O5/c1-6(13)11-9(10(14)15)7-4-2-3-5-8(7)12(16)17/h2-5,9H,1H3,(H,11,13)(H,14,15). The maximum atomic E-state index is 11.0. The van der Waals surface area contributed by atoms with Gasteiger partial charge >= 0.3 is 5.97 Å². The number of para-hydroxylation sites is 1.